The number of aromatic nitrogens is 1. The predicted molar refractivity (Wildman–Crippen MR) is 74.5 cm³/mol. The van der Waals surface area contributed by atoms with Crippen molar-refractivity contribution >= 4 is 22.4 Å². The molecule has 0 saturated carbocycles. The predicted octanol–water partition coefficient (Wildman–Crippen LogP) is 2.13. The molecule has 1 fully saturated rings. The Morgan fingerprint density at radius 2 is 2.22 bits per heavy atom. The van der Waals surface area contributed by atoms with Crippen molar-refractivity contribution < 1.29 is 9.47 Å². The molecule has 1 aromatic heterocycles. The number of morpholine rings is 1. The lowest BCUT2D eigenvalue weighted by Crippen LogP contribution is -2.47. The smallest absolute Gasteiger partial charge is 0.198 e. The minimum Gasteiger partial charge on any atom is -0.484 e. The second-order valence-electron chi connectivity index (χ2n) is 5.01. The number of nitrogens with zero attached hydrogens (tertiary/aromatic N) is 2. The summed E-state index contributed by atoms with van der Waals surface area (Å²) >= 11 is 1.40. The van der Waals surface area contributed by atoms with Crippen LogP contribution in [0.4, 0.5) is 10.8 Å². The number of rotatable bonds is 3. The van der Waals surface area contributed by atoms with E-state index in [-0.39, 0.29) is 12.2 Å². The number of hydrogen-bond donors (Lipinski definition) is 1. The van der Waals surface area contributed by atoms with Gasteiger partial charge in [0.05, 0.1) is 24.9 Å². The highest BCUT2D eigenvalue weighted by molar-refractivity contribution is 7.11. The lowest BCUT2D eigenvalue weighted by atomic mass is 10.2. The van der Waals surface area contributed by atoms with Gasteiger partial charge in [-0.25, -0.2) is 0 Å². The summed E-state index contributed by atoms with van der Waals surface area (Å²) < 4.78 is 15.6. The van der Waals surface area contributed by atoms with E-state index in [1.54, 1.807) is 0 Å². The van der Waals surface area contributed by atoms with Gasteiger partial charge in [0.25, 0.3) is 0 Å². The fourth-order valence-corrected chi connectivity index (χ4v) is 2.86. The Morgan fingerprint density at radius 3 is 2.89 bits per heavy atom. The minimum absolute atomic E-state index is 0.0937. The van der Waals surface area contributed by atoms with Gasteiger partial charge in [-0.05, 0) is 39.2 Å². The number of hydrogen-bond acceptors (Lipinski definition) is 6. The van der Waals surface area contributed by atoms with Crippen LogP contribution in [0, 0.1) is 0 Å². The molecule has 5 nitrogen and oxygen atoms in total. The monoisotopic (exact) mass is 271 g/mol. The first-order valence-electron chi connectivity index (χ1n) is 6.29. The molecular formula is C12H21N3O2S. The summed E-state index contributed by atoms with van der Waals surface area (Å²) in [5.41, 5.74) is 5.89. The summed E-state index contributed by atoms with van der Waals surface area (Å²) in [7, 11) is 0. The van der Waals surface area contributed by atoms with Gasteiger partial charge in [0.1, 0.15) is 0 Å². The van der Waals surface area contributed by atoms with Crippen LogP contribution < -0.4 is 15.4 Å². The molecule has 2 unspecified atom stereocenters. The summed E-state index contributed by atoms with van der Waals surface area (Å²) in [5, 5.41) is 1.02. The van der Waals surface area contributed by atoms with E-state index < -0.39 is 0 Å². The van der Waals surface area contributed by atoms with Gasteiger partial charge in [-0.2, -0.15) is 4.37 Å². The number of ether oxygens (including phenoxy) is 2. The molecule has 0 radical (unpaired) electrons. The third kappa shape index (κ3) is 2.70. The van der Waals surface area contributed by atoms with E-state index in [4.69, 9.17) is 15.2 Å². The first-order valence-corrected chi connectivity index (χ1v) is 7.06. The maximum atomic E-state index is 5.89. The summed E-state index contributed by atoms with van der Waals surface area (Å²) in [5.74, 6) is 1.20. The van der Waals surface area contributed by atoms with Crippen molar-refractivity contribution in [1.82, 2.24) is 4.37 Å². The Bertz CT molecular complexity index is 408. The highest BCUT2D eigenvalue weighted by Gasteiger charge is 2.29. The van der Waals surface area contributed by atoms with Gasteiger partial charge in [-0.3, -0.25) is 0 Å². The molecule has 0 bridgehead atoms. The van der Waals surface area contributed by atoms with Crippen LogP contribution in [0.3, 0.4) is 0 Å². The molecule has 1 aliphatic rings. The van der Waals surface area contributed by atoms with Crippen LogP contribution >= 0.6 is 11.5 Å². The first-order chi connectivity index (χ1) is 8.49. The molecule has 0 spiro atoms. The molecule has 1 saturated heterocycles. The van der Waals surface area contributed by atoms with Gasteiger partial charge in [-0.15, -0.1) is 0 Å². The molecule has 6 heteroatoms. The van der Waals surface area contributed by atoms with Crippen LogP contribution in [0.5, 0.6) is 5.75 Å². The highest BCUT2D eigenvalue weighted by atomic mass is 32.1. The molecule has 0 aromatic carbocycles. The van der Waals surface area contributed by atoms with E-state index in [1.807, 2.05) is 13.8 Å². The Morgan fingerprint density at radius 1 is 1.50 bits per heavy atom. The normalized spacial score (nSPS) is 24.6. The second-order valence-corrected chi connectivity index (χ2v) is 5.77. The van der Waals surface area contributed by atoms with E-state index >= 15 is 0 Å². The van der Waals surface area contributed by atoms with Crippen molar-refractivity contribution in [3.05, 3.63) is 0 Å². The topological polar surface area (TPSA) is 60.6 Å². The molecule has 2 heterocycles. The van der Waals surface area contributed by atoms with Crippen molar-refractivity contribution in [3.63, 3.8) is 0 Å². The van der Waals surface area contributed by atoms with Crippen LogP contribution in [-0.4, -0.2) is 35.8 Å². The third-order valence-corrected chi connectivity index (χ3v) is 3.76. The van der Waals surface area contributed by atoms with E-state index in [1.165, 1.54) is 11.5 Å². The van der Waals surface area contributed by atoms with Crippen LogP contribution in [0.25, 0.3) is 0 Å². The van der Waals surface area contributed by atoms with Gasteiger partial charge < -0.3 is 20.1 Å². The Balaban J connectivity index is 2.26. The summed E-state index contributed by atoms with van der Waals surface area (Å²) in [6.45, 7) is 9.77. The lowest BCUT2D eigenvalue weighted by molar-refractivity contribution is 0.0344. The molecule has 102 valence electrons. The molecule has 18 heavy (non-hydrogen) atoms. The van der Waals surface area contributed by atoms with Crippen LogP contribution in [0.1, 0.15) is 27.7 Å². The molecule has 1 aliphatic heterocycles. The van der Waals surface area contributed by atoms with Crippen LogP contribution in [0.2, 0.25) is 0 Å². The molecule has 1 aromatic rings. The van der Waals surface area contributed by atoms with Crippen molar-refractivity contribution in [2.75, 3.05) is 23.8 Å². The zero-order valence-electron chi connectivity index (χ0n) is 11.3. The summed E-state index contributed by atoms with van der Waals surface area (Å²) in [6, 6.07) is 0.315. The van der Waals surface area contributed by atoms with Crippen molar-refractivity contribution in [2.45, 2.75) is 45.9 Å². The Labute approximate surface area is 112 Å². The Hall–Kier alpha value is -1.01. The van der Waals surface area contributed by atoms with Gasteiger partial charge in [0, 0.05) is 6.54 Å². The van der Waals surface area contributed by atoms with Crippen molar-refractivity contribution in [2.24, 2.45) is 0 Å². The number of nitrogens with two attached hydrogens (primary N) is 1. The average Bonchev–Trinajstić information content (AvgIpc) is 2.64. The van der Waals surface area contributed by atoms with Gasteiger partial charge in [0.15, 0.2) is 16.6 Å². The largest absolute Gasteiger partial charge is 0.484 e. The van der Waals surface area contributed by atoms with Gasteiger partial charge in [0.2, 0.25) is 0 Å². The molecule has 0 amide bonds. The molecule has 2 rings (SSSR count). The fraction of sp³-hybridized carbons (Fsp3) is 0.750. The van der Waals surface area contributed by atoms with Crippen molar-refractivity contribution in [3.8, 4) is 5.75 Å². The lowest BCUT2D eigenvalue weighted by Gasteiger charge is -2.37. The molecular weight excluding hydrogens is 250 g/mol. The highest BCUT2D eigenvalue weighted by Crippen LogP contribution is 2.40. The third-order valence-electron chi connectivity index (χ3n) is 2.88. The zero-order chi connectivity index (χ0) is 13.3. The van der Waals surface area contributed by atoms with Gasteiger partial charge >= 0.3 is 0 Å². The molecule has 2 atom stereocenters. The number of anilines is 2. The van der Waals surface area contributed by atoms with E-state index in [0.29, 0.717) is 11.9 Å². The second kappa shape index (κ2) is 5.32. The van der Waals surface area contributed by atoms with Gasteiger partial charge in [-0.1, -0.05) is 0 Å². The molecule has 2 N–H and O–H groups in total. The first kappa shape index (κ1) is 13.4. The Kier molecular flexibility index (Phi) is 3.97. The van der Waals surface area contributed by atoms with Crippen LogP contribution in [-0.2, 0) is 4.74 Å². The molecule has 0 aliphatic carbocycles. The summed E-state index contributed by atoms with van der Waals surface area (Å²) in [4.78, 5) is 2.28. The van der Waals surface area contributed by atoms with E-state index in [9.17, 15) is 0 Å². The fourth-order valence-electron chi connectivity index (χ4n) is 2.00. The average molecular weight is 271 g/mol. The summed E-state index contributed by atoms with van der Waals surface area (Å²) in [6.07, 6.45) is 0.313. The van der Waals surface area contributed by atoms with E-state index in [0.717, 1.165) is 23.9 Å². The standard InChI is InChI=1S/C12H21N3O2S/c1-7(2)17-10-11(13)14-18-12(10)15-5-9(4)16-6-8(15)3/h7-9H,5-6H2,1-4H3,(H2,13,14). The van der Waals surface area contributed by atoms with Crippen molar-refractivity contribution in [1.29, 1.82) is 0 Å². The number of nitrogen functional groups attached to an aromatic ring is 1. The van der Waals surface area contributed by atoms with Crippen LogP contribution in [0.15, 0.2) is 0 Å². The maximum Gasteiger partial charge on any atom is 0.198 e. The zero-order valence-corrected chi connectivity index (χ0v) is 12.2. The van der Waals surface area contributed by atoms with E-state index in [2.05, 4.69) is 23.1 Å². The quantitative estimate of drug-likeness (QED) is 0.912. The maximum absolute atomic E-state index is 5.89. The minimum atomic E-state index is 0.0937. The SMILES string of the molecule is CC(C)Oc1c(N)nsc1N1CC(C)OCC1C.